The molecule has 1 N–H and O–H groups in total. The van der Waals surface area contributed by atoms with Gasteiger partial charge in [-0.3, -0.25) is 19.2 Å². The lowest BCUT2D eigenvalue weighted by atomic mass is 10.1. The molecule has 0 fully saturated rings. The van der Waals surface area contributed by atoms with Crippen LogP contribution in [0.5, 0.6) is 0 Å². The SMILES string of the molecule is CC(=O)O[C@H]([C@H](OC(C)=O)C(=O)Br)[C@@H](CO)OC(C)=O. The topological polar surface area (TPSA) is 116 Å². The van der Waals surface area contributed by atoms with E-state index >= 15 is 0 Å². The quantitative estimate of drug-likeness (QED) is 0.376. The molecular weight excluding hydrogens is 340 g/mol. The highest BCUT2D eigenvalue weighted by molar-refractivity contribution is 9.18. The summed E-state index contributed by atoms with van der Waals surface area (Å²) in [5.74, 6) is -2.37. The molecule has 0 aliphatic carbocycles. The molecule has 3 atom stereocenters. The van der Waals surface area contributed by atoms with Crippen LogP contribution in [0.1, 0.15) is 20.8 Å². The van der Waals surface area contributed by atoms with Gasteiger partial charge in [-0.15, -0.1) is 0 Å². The van der Waals surface area contributed by atoms with Gasteiger partial charge in [0.05, 0.1) is 6.61 Å². The van der Waals surface area contributed by atoms with Crippen molar-refractivity contribution in [2.45, 2.75) is 39.1 Å². The second-order valence-corrected chi connectivity index (χ2v) is 4.52. The predicted molar refractivity (Wildman–Crippen MR) is 67.7 cm³/mol. The Morgan fingerprint density at radius 1 is 0.950 bits per heavy atom. The number of esters is 3. The second kappa shape index (κ2) is 8.64. The number of halogens is 1. The van der Waals surface area contributed by atoms with Crippen molar-refractivity contribution in [3.63, 3.8) is 0 Å². The van der Waals surface area contributed by atoms with E-state index < -0.39 is 47.5 Å². The Morgan fingerprint density at radius 2 is 1.40 bits per heavy atom. The second-order valence-electron chi connectivity index (χ2n) is 3.74. The van der Waals surface area contributed by atoms with Gasteiger partial charge in [0.25, 0.3) is 0 Å². The molecule has 0 aromatic heterocycles. The maximum Gasteiger partial charge on any atom is 0.303 e. The van der Waals surface area contributed by atoms with Crippen molar-refractivity contribution >= 4 is 38.5 Å². The molecule has 0 rings (SSSR count). The van der Waals surface area contributed by atoms with Crippen LogP contribution in [0.3, 0.4) is 0 Å². The highest BCUT2D eigenvalue weighted by Crippen LogP contribution is 2.16. The zero-order valence-electron chi connectivity index (χ0n) is 11.1. The van der Waals surface area contributed by atoms with Gasteiger partial charge in [-0.1, -0.05) is 0 Å². The van der Waals surface area contributed by atoms with Crippen LogP contribution in [0.2, 0.25) is 0 Å². The van der Waals surface area contributed by atoms with Crippen LogP contribution in [0.4, 0.5) is 0 Å². The fourth-order valence-electron chi connectivity index (χ4n) is 1.37. The molecule has 0 radical (unpaired) electrons. The Balaban J connectivity index is 5.33. The zero-order chi connectivity index (χ0) is 15.9. The third-order valence-corrected chi connectivity index (χ3v) is 2.43. The maximum absolute atomic E-state index is 11.4. The van der Waals surface area contributed by atoms with E-state index in [9.17, 15) is 24.3 Å². The highest BCUT2D eigenvalue weighted by Gasteiger charge is 2.40. The summed E-state index contributed by atoms with van der Waals surface area (Å²) in [6, 6.07) is 0. The van der Waals surface area contributed by atoms with Gasteiger partial charge >= 0.3 is 17.9 Å². The molecule has 0 saturated heterocycles. The van der Waals surface area contributed by atoms with Gasteiger partial charge in [0.15, 0.2) is 12.2 Å². The number of aliphatic hydroxyl groups excluding tert-OH is 1. The molecule has 0 aliphatic rings. The summed E-state index contributed by atoms with van der Waals surface area (Å²) in [4.78, 5) is 44.4. The summed E-state index contributed by atoms with van der Waals surface area (Å²) in [6.45, 7) is 2.45. The number of hydrogen-bond donors (Lipinski definition) is 1. The van der Waals surface area contributed by atoms with E-state index in [2.05, 4.69) is 15.9 Å². The standard InChI is InChI=1S/C11H15BrO8/c1-5(14)18-8(4-13)9(19-6(2)15)10(11(12)17)20-7(3)16/h8-10,13H,4H2,1-3H3/t8-,9+,10+/m1/s1. The molecule has 0 bridgehead atoms. The van der Waals surface area contributed by atoms with Gasteiger partial charge in [0.2, 0.25) is 10.8 Å². The van der Waals surface area contributed by atoms with Gasteiger partial charge < -0.3 is 19.3 Å². The molecule has 114 valence electrons. The van der Waals surface area contributed by atoms with Gasteiger partial charge in [-0.05, 0) is 15.9 Å². The Bertz CT molecular complexity index is 394. The minimum Gasteiger partial charge on any atom is -0.456 e. The molecule has 0 spiro atoms. The maximum atomic E-state index is 11.4. The molecule has 0 amide bonds. The van der Waals surface area contributed by atoms with Crippen LogP contribution in [-0.2, 0) is 33.4 Å². The molecule has 0 heterocycles. The first-order chi connectivity index (χ1) is 9.18. The number of carbonyl (C=O) groups excluding carboxylic acids is 4. The van der Waals surface area contributed by atoms with E-state index in [0.29, 0.717) is 0 Å². The monoisotopic (exact) mass is 354 g/mol. The third-order valence-electron chi connectivity index (χ3n) is 1.98. The largest absolute Gasteiger partial charge is 0.456 e. The van der Waals surface area contributed by atoms with Crippen LogP contribution in [-0.4, -0.2) is 52.6 Å². The average Bonchev–Trinajstić information content (AvgIpc) is 2.29. The summed E-state index contributed by atoms with van der Waals surface area (Å²) >= 11 is 2.59. The smallest absolute Gasteiger partial charge is 0.303 e. The van der Waals surface area contributed by atoms with E-state index in [-0.39, 0.29) is 0 Å². The number of ether oxygens (including phenoxy) is 3. The Hall–Kier alpha value is -1.48. The first-order valence-electron chi connectivity index (χ1n) is 5.50. The molecule has 9 heteroatoms. The lowest BCUT2D eigenvalue weighted by molar-refractivity contribution is -0.186. The molecular formula is C11H15BrO8. The number of rotatable bonds is 7. The van der Waals surface area contributed by atoms with Crippen molar-refractivity contribution < 1.29 is 38.5 Å². The predicted octanol–water partition coefficient (Wildman–Crippen LogP) is -0.305. The van der Waals surface area contributed by atoms with Crippen molar-refractivity contribution in [3.8, 4) is 0 Å². The van der Waals surface area contributed by atoms with Crippen molar-refractivity contribution in [2.24, 2.45) is 0 Å². The van der Waals surface area contributed by atoms with Gasteiger partial charge in [-0.25, -0.2) is 0 Å². The van der Waals surface area contributed by atoms with Crippen LogP contribution in [0.25, 0.3) is 0 Å². The number of hydrogen-bond acceptors (Lipinski definition) is 8. The normalized spacial score (nSPS) is 14.7. The molecule has 0 unspecified atom stereocenters. The highest BCUT2D eigenvalue weighted by atomic mass is 79.9. The minimum atomic E-state index is -1.55. The van der Waals surface area contributed by atoms with Crippen molar-refractivity contribution in [1.29, 1.82) is 0 Å². The summed E-state index contributed by atoms with van der Waals surface area (Å²) in [6.07, 6.45) is -4.35. The molecule has 0 aromatic rings. The lowest BCUT2D eigenvalue weighted by Crippen LogP contribution is -2.49. The molecule has 0 aliphatic heterocycles. The molecule has 0 saturated carbocycles. The summed E-state index contributed by atoms with van der Waals surface area (Å²) in [5.41, 5.74) is 0. The van der Waals surface area contributed by atoms with Gasteiger partial charge in [-0.2, -0.15) is 0 Å². The van der Waals surface area contributed by atoms with Crippen LogP contribution < -0.4 is 0 Å². The van der Waals surface area contributed by atoms with Crippen LogP contribution in [0, 0.1) is 0 Å². The summed E-state index contributed by atoms with van der Waals surface area (Å²) < 4.78 is 13.5. The van der Waals surface area contributed by atoms with Crippen LogP contribution >= 0.6 is 15.9 Å². The van der Waals surface area contributed by atoms with E-state index in [1.54, 1.807) is 0 Å². The fourth-order valence-corrected chi connectivity index (χ4v) is 1.72. The first-order valence-corrected chi connectivity index (χ1v) is 6.30. The summed E-state index contributed by atoms with van der Waals surface area (Å²) in [5, 5.41) is 9.19. The van der Waals surface area contributed by atoms with E-state index in [0.717, 1.165) is 20.8 Å². The van der Waals surface area contributed by atoms with E-state index in [1.165, 1.54) is 0 Å². The molecule has 0 aromatic carbocycles. The third kappa shape index (κ3) is 6.62. The van der Waals surface area contributed by atoms with Crippen LogP contribution in [0.15, 0.2) is 0 Å². The van der Waals surface area contributed by atoms with E-state index in [4.69, 9.17) is 14.2 Å². The minimum absolute atomic E-state index is 0.727. The molecule has 20 heavy (non-hydrogen) atoms. The van der Waals surface area contributed by atoms with Gasteiger partial charge in [0.1, 0.15) is 0 Å². The fraction of sp³-hybridized carbons (Fsp3) is 0.636. The Morgan fingerprint density at radius 3 is 1.70 bits per heavy atom. The first kappa shape index (κ1) is 18.5. The number of carbonyl (C=O) groups is 4. The molecule has 8 nitrogen and oxygen atoms in total. The Labute approximate surface area is 123 Å². The van der Waals surface area contributed by atoms with Gasteiger partial charge in [0, 0.05) is 20.8 Å². The Kier molecular flexibility index (Phi) is 8.00. The van der Waals surface area contributed by atoms with E-state index in [1.807, 2.05) is 0 Å². The number of aliphatic hydroxyl groups is 1. The van der Waals surface area contributed by atoms with Crippen molar-refractivity contribution in [1.82, 2.24) is 0 Å². The zero-order valence-corrected chi connectivity index (χ0v) is 12.7. The average molecular weight is 355 g/mol. The lowest BCUT2D eigenvalue weighted by Gasteiger charge is -2.29. The van der Waals surface area contributed by atoms with Crippen molar-refractivity contribution in [2.75, 3.05) is 6.61 Å². The van der Waals surface area contributed by atoms with Crippen molar-refractivity contribution in [3.05, 3.63) is 0 Å². The summed E-state index contributed by atoms with van der Waals surface area (Å²) in [7, 11) is 0.